The molecule has 4 N–H and O–H groups in total. The summed E-state index contributed by atoms with van der Waals surface area (Å²) in [6.07, 6.45) is 0. The number of aliphatic hydroxyl groups is 1. The number of hydrazine groups is 1. The lowest BCUT2D eigenvalue weighted by molar-refractivity contribution is 0.0718. The standard InChI is InChI=1S/C12H23N7O2/c1-3-18(4-2)11-14-10(17-13)15-12(16-11)19-5-6-21-8-9(19)7-20/h9,20H,3-8,13H2,1-2H3,(H,14,15,16,17). The van der Waals surface area contributed by atoms with Crippen molar-refractivity contribution in [2.24, 2.45) is 5.84 Å². The Kier molecular flexibility index (Phi) is 5.48. The second-order valence-electron chi connectivity index (χ2n) is 4.68. The van der Waals surface area contributed by atoms with Gasteiger partial charge in [-0.15, -0.1) is 0 Å². The molecule has 2 rings (SSSR count). The van der Waals surface area contributed by atoms with Crippen LogP contribution in [0.3, 0.4) is 0 Å². The number of aliphatic hydroxyl groups excluding tert-OH is 1. The van der Waals surface area contributed by atoms with Crippen LogP contribution in [0.4, 0.5) is 17.8 Å². The Balaban J connectivity index is 2.35. The highest BCUT2D eigenvalue weighted by Crippen LogP contribution is 2.19. The summed E-state index contributed by atoms with van der Waals surface area (Å²) in [4.78, 5) is 17.0. The number of hydrogen-bond acceptors (Lipinski definition) is 9. The lowest BCUT2D eigenvalue weighted by Gasteiger charge is -2.34. The number of anilines is 3. The van der Waals surface area contributed by atoms with Crippen molar-refractivity contribution >= 4 is 17.8 Å². The predicted molar refractivity (Wildman–Crippen MR) is 80.2 cm³/mol. The zero-order valence-corrected chi connectivity index (χ0v) is 12.5. The molecule has 1 aromatic heterocycles. The number of hydrogen-bond donors (Lipinski definition) is 3. The molecular weight excluding hydrogens is 274 g/mol. The van der Waals surface area contributed by atoms with Crippen LogP contribution in [0.15, 0.2) is 0 Å². The van der Waals surface area contributed by atoms with E-state index in [9.17, 15) is 5.11 Å². The minimum Gasteiger partial charge on any atom is -0.394 e. The highest BCUT2D eigenvalue weighted by molar-refractivity contribution is 5.45. The second-order valence-corrected chi connectivity index (χ2v) is 4.68. The van der Waals surface area contributed by atoms with Crippen LogP contribution in [-0.4, -0.2) is 65.6 Å². The average molecular weight is 297 g/mol. The normalized spacial score (nSPS) is 18.7. The Morgan fingerprint density at radius 2 is 2.14 bits per heavy atom. The number of nitrogens with two attached hydrogens (primary N) is 1. The number of nitrogens with one attached hydrogen (secondary N) is 1. The van der Waals surface area contributed by atoms with E-state index < -0.39 is 0 Å². The van der Waals surface area contributed by atoms with E-state index in [2.05, 4.69) is 20.4 Å². The molecule has 0 aromatic carbocycles. The van der Waals surface area contributed by atoms with Gasteiger partial charge in [-0.2, -0.15) is 15.0 Å². The quantitative estimate of drug-likeness (QED) is 0.459. The predicted octanol–water partition coefficient (Wildman–Crippen LogP) is -0.799. The lowest BCUT2D eigenvalue weighted by Crippen LogP contribution is -2.48. The SMILES string of the molecule is CCN(CC)c1nc(NN)nc(N2CCOCC2CO)n1. The summed E-state index contributed by atoms with van der Waals surface area (Å²) in [6, 6.07) is -0.156. The third-order valence-corrected chi connectivity index (χ3v) is 3.48. The van der Waals surface area contributed by atoms with E-state index in [-0.39, 0.29) is 12.6 Å². The molecule has 2 heterocycles. The first-order chi connectivity index (χ1) is 10.2. The largest absolute Gasteiger partial charge is 0.394 e. The minimum atomic E-state index is -0.156. The van der Waals surface area contributed by atoms with E-state index in [1.54, 1.807) is 0 Å². The van der Waals surface area contributed by atoms with Gasteiger partial charge in [0.05, 0.1) is 25.9 Å². The summed E-state index contributed by atoms with van der Waals surface area (Å²) in [6.45, 7) is 7.28. The van der Waals surface area contributed by atoms with Gasteiger partial charge in [0.2, 0.25) is 17.8 Å². The van der Waals surface area contributed by atoms with Crippen LogP contribution in [-0.2, 0) is 4.74 Å². The van der Waals surface area contributed by atoms with Gasteiger partial charge in [-0.05, 0) is 13.8 Å². The van der Waals surface area contributed by atoms with E-state index in [0.29, 0.717) is 37.6 Å². The van der Waals surface area contributed by atoms with Crippen LogP contribution in [0.1, 0.15) is 13.8 Å². The van der Waals surface area contributed by atoms with Gasteiger partial charge in [0, 0.05) is 19.6 Å². The minimum absolute atomic E-state index is 0.0162. The first kappa shape index (κ1) is 15.7. The third kappa shape index (κ3) is 3.49. The van der Waals surface area contributed by atoms with Crippen molar-refractivity contribution in [3.8, 4) is 0 Å². The zero-order chi connectivity index (χ0) is 15.2. The Labute approximate surface area is 124 Å². The van der Waals surface area contributed by atoms with Gasteiger partial charge in [0.1, 0.15) is 0 Å². The first-order valence-electron chi connectivity index (χ1n) is 7.16. The molecule has 9 nitrogen and oxygen atoms in total. The van der Waals surface area contributed by atoms with E-state index in [1.807, 2.05) is 23.6 Å². The molecule has 0 saturated carbocycles. The van der Waals surface area contributed by atoms with Crippen molar-refractivity contribution in [3.63, 3.8) is 0 Å². The number of morpholine rings is 1. The van der Waals surface area contributed by atoms with E-state index >= 15 is 0 Å². The van der Waals surface area contributed by atoms with E-state index in [4.69, 9.17) is 10.6 Å². The Hall–Kier alpha value is -1.71. The number of nitrogens with zero attached hydrogens (tertiary/aromatic N) is 5. The van der Waals surface area contributed by atoms with Crippen molar-refractivity contribution in [1.29, 1.82) is 0 Å². The molecule has 1 aliphatic heterocycles. The van der Waals surface area contributed by atoms with Crippen molar-refractivity contribution in [2.45, 2.75) is 19.9 Å². The van der Waals surface area contributed by atoms with Crippen LogP contribution >= 0.6 is 0 Å². The molecule has 9 heteroatoms. The summed E-state index contributed by atoms with van der Waals surface area (Å²) >= 11 is 0. The lowest BCUT2D eigenvalue weighted by atomic mass is 10.2. The van der Waals surface area contributed by atoms with Gasteiger partial charge in [-0.1, -0.05) is 0 Å². The van der Waals surface area contributed by atoms with Crippen LogP contribution in [0.25, 0.3) is 0 Å². The molecule has 0 amide bonds. The summed E-state index contributed by atoms with van der Waals surface area (Å²) in [7, 11) is 0. The molecule has 1 unspecified atom stereocenters. The molecular formula is C12H23N7O2. The molecule has 1 atom stereocenters. The number of nitrogen functional groups attached to an aromatic ring is 1. The van der Waals surface area contributed by atoms with Gasteiger partial charge in [-0.25, -0.2) is 5.84 Å². The Morgan fingerprint density at radius 1 is 1.38 bits per heavy atom. The van der Waals surface area contributed by atoms with Crippen molar-refractivity contribution < 1.29 is 9.84 Å². The fraction of sp³-hybridized carbons (Fsp3) is 0.750. The van der Waals surface area contributed by atoms with Crippen LogP contribution in [0.5, 0.6) is 0 Å². The average Bonchev–Trinajstić information content (AvgIpc) is 2.55. The Morgan fingerprint density at radius 3 is 2.76 bits per heavy atom. The van der Waals surface area contributed by atoms with Crippen LogP contribution in [0, 0.1) is 0 Å². The monoisotopic (exact) mass is 297 g/mol. The van der Waals surface area contributed by atoms with Gasteiger partial charge < -0.3 is 19.6 Å². The summed E-state index contributed by atoms with van der Waals surface area (Å²) in [5.41, 5.74) is 2.47. The van der Waals surface area contributed by atoms with E-state index in [1.165, 1.54) is 0 Å². The fourth-order valence-electron chi connectivity index (χ4n) is 2.26. The summed E-state index contributed by atoms with van der Waals surface area (Å²) in [5, 5.41) is 9.48. The van der Waals surface area contributed by atoms with Crippen molar-refractivity contribution in [3.05, 3.63) is 0 Å². The topological polar surface area (TPSA) is 113 Å². The molecule has 1 aromatic rings. The van der Waals surface area contributed by atoms with Crippen molar-refractivity contribution in [2.75, 3.05) is 54.7 Å². The molecule has 21 heavy (non-hydrogen) atoms. The zero-order valence-electron chi connectivity index (χ0n) is 12.5. The maximum Gasteiger partial charge on any atom is 0.243 e. The summed E-state index contributed by atoms with van der Waals surface area (Å²) in [5.74, 6) is 6.84. The highest BCUT2D eigenvalue weighted by Gasteiger charge is 2.26. The molecule has 0 radical (unpaired) electrons. The Bertz CT molecular complexity index is 455. The highest BCUT2D eigenvalue weighted by atomic mass is 16.5. The van der Waals surface area contributed by atoms with Crippen LogP contribution < -0.4 is 21.1 Å². The molecule has 0 aliphatic carbocycles. The van der Waals surface area contributed by atoms with Gasteiger partial charge in [-0.3, -0.25) is 5.43 Å². The fourth-order valence-corrected chi connectivity index (χ4v) is 2.26. The summed E-state index contributed by atoms with van der Waals surface area (Å²) < 4.78 is 5.38. The first-order valence-corrected chi connectivity index (χ1v) is 7.16. The van der Waals surface area contributed by atoms with E-state index in [0.717, 1.165) is 13.1 Å². The number of aromatic nitrogens is 3. The molecule has 0 bridgehead atoms. The van der Waals surface area contributed by atoms with Gasteiger partial charge >= 0.3 is 0 Å². The molecule has 118 valence electrons. The number of ether oxygens (including phenoxy) is 1. The van der Waals surface area contributed by atoms with Gasteiger partial charge in [0.15, 0.2) is 0 Å². The second kappa shape index (κ2) is 7.34. The maximum absolute atomic E-state index is 9.48. The third-order valence-electron chi connectivity index (χ3n) is 3.48. The molecule has 0 spiro atoms. The maximum atomic E-state index is 9.48. The molecule has 1 saturated heterocycles. The number of rotatable bonds is 6. The molecule has 1 fully saturated rings. The van der Waals surface area contributed by atoms with Crippen molar-refractivity contribution in [1.82, 2.24) is 15.0 Å². The smallest absolute Gasteiger partial charge is 0.243 e. The van der Waals surface area contributed by atoms with Gasteiger partial charge in [0.25, 0.3) is 0 Å². The molecule has 1 aliphatic rings. The van der Waals surface area contributed by atoms with Crippen LogP contribution in [0.2, 0.25) is 0 Å².